The van der Waals surface area contributed by atoms with E-state index in [9.17, 15) is 9.59 Å². The number of ketones is 1. The van der Waals surface area contributed by atoms with E-state index in [2.05, 4.69) is 15.2 Å². The van der Waals surface area contributed by atoms with Crippen molar-refractivity contribution in [1.29, 1.82) is 0 Å². The number of nitrogens with one attached hydrogen (secondary N) is 2. The van der Waals surface area contributed by atoms with E-state index < -0.39 is 0 Å². The average molecular weight is 279 g/mol. The Morgan fingerprint density at radius 3 is 2.75 bits per heavy atom. The molecule has 1 aromatic heterocycles. The number of amides is 1. The van der Waals surface area contributed by atoms with Crippen LogP contribution in [0.3, 0.4) is 0 Å². The van der Waals surface area contributed by atoms with Crippen LogP contribution in [0.1, 0.15) is 34.7 Å². The van der Waals surface area contributed by atoms with Crippen LogP contribution in [0.4, 0.5) is 0 Å². The molecule has 6 nitrogen and oxygen atoms in total. The van der Waals surface area contributed by atoms with E-state index in [0.29, 0.717) is 11.3 Å². The molecule has 1 atom stereocenters. The number of rotatable bonds is 5. The number of aromatic nitrogens is 1. The van der Waals surface area contributed by atoms with Gasteiger partial charge in [-0.2, -0.15) is 0 Å². The molecule has 110 valence electrons. The van der Waals surface area contributed by atoms with E-state index in [1.807, 2.05) is 6.92 Å². The average Bonchev–Trinajstić information content (AvgIpc) is 2.89. The van der Waals surface area contributed by atoms with Gasteiger partial charge in [-0.05, 0) is 19.9 Å². The van der Waals surface area contributed by atoms with Gasteiger partial charge in [-0.25, -0.2) is 0 Å². The Morgan fingerprint density at radius 2 is 2.15 bits per heavy atom. The molecule has 1 saturated heterocycles. The third-order valence-corrected chi connectivity index (χ3v) is 3.35. The number of morpholine rings is 1. The van der Waals surface area contributed by atoms with Crippen molar-refractivity contribution < 1.29 is 14.3 Å². The lowest BCUT2D eigenvalue weighted by Gasteiger charge is -2.29. The summed E-state index contributed by atoms with van der Waals surface area (Å²) in [6.45, 7) is 7.55. The largest absolute Gasteiger partial charge is 0.379 e. The summed E-state index contributed by atoms with van der Waals surface area (Å²) >= 11 is 0. The van der Waals surface area contributed by atoms with Crippen molar-refractivity contribution in [2.45, 2.75) is 19.9 Å². The molecule has 6 heteroatoms. The lowest BCUT2D eigenvalue weighted by Crippen LogP contribution is -2.46. The molecule has 1 aliphatic rings. The zero-order chi connectivity index (χ0) is 14.5. The SMILES string of the molecule is CC(=O)c1c[nH]c(C(=O)N[C@H](C)CN2CCOCC2)c1. The first-order chi connectivity index (χ1) is 9.56. The Labute approximate surface area is 118 Å². The maximum absolute atomic E-state index is 12.0. The highest BCUT2D eigenvalue weighted by molar-refractivity contribution is 5.99. The van der Waals surface area contributed by atoms with Gasteiger partial charge in [0.2, 0.25) is 0 Å². The second-order valence-electron chi connectivity index (χ2n) is 5.15. The summed E-state index contributed by atoms with van der Waals surface area (Å²) in [6.07, 6.45) is 1.56. The summed E-state index contributed by atoms with van der Waals surface area (Å²) < 4.78 is 5.29. The zero-order valence-electron chi connectivity index (χ0n) is 11.9. The molecule has 2 heterocycles. The molecule has 0 radical (unpaired) electrons. The van der Waals surface area contributed by atoms with Crippen LogP contribution in [-0.2, 0) is 4.74 Å². The molecule has 0 aliphatic carbocycles. The number of hydrogen-bond acceptors (Lipinski definition) is 4. The van der Waals surface area contributed by atoms with Crippen molar-refractivity contribution in [3.05, 3.63) is 23.5 Å². The summed E-state index contributed by atoms with van der Waals surface area (Å²) in [5.41, 5.74) is 0.944. The molecule has 1 fully saturated rings. The summed E-state index contributed by atoms with van der Waals surface area (Å²) in [5.74, 6) is -0.236. The predicted octanol–water partition coefficient (Wildman–Crippen LogP) is 0.668. The molecule has 20 heavy (non-hydrogen) atoms. The van der Waals surface area contributed by atoms with Gasteiger partial charge in [0.15, 0.2) is 5.78 Å². The highest BCUT2D eigenvalue weighted by atomic mass is 16.5. The molecule has 1 aromatic rings. The van der Waals surface area contributed by atoms with Gasteiger partial charge >= 0.3 is 0 Å². The Balaban J connectivity index is 1.84. The smallest absolute Gasteiger partial charge is 0.267 e. The number of Topliss-reactive ketones (excluding diaryl/α,β-unsaturated/α-hetero) is 1. The van der Waals surface area contributed by atoms with Gasteiger partial charge in [-0.1, -0.05) is 0 Å². The van der Waals surface area contributed by atoms with Crippen molar-refractivity contribution in [3.8, 4) is 0 Å². The molecule has 0 aromatic carbocycles. The number of nitrogens with zero attached hydrogens (tertiary/aromatic N) is 1. The van der Waals surface area contributed by atoms with Gasteiger partial charge in [-0.15, -0.1) is 0 Å². The fourth-order valence-corrected chi connectivity index (χ4v) is 2.25. The van der Waals surface area contributed by atoms with E-state index in [1.165, 1.54) is 6.92 Å². The maximum atomic E-state index is 12.0. The van der Waals surface area contributed by atoms with Crippen LogP contribution in [0.15, 0.2) is 12.3 Å². The fourth-order valence-electron chi connectivity index (χ4n) is 2.25. The maximum Gasteiger partial charge on any atom is 0.267 e. The van der Waals surface area contributed by atoms with E-state index in [1.54, 1.807) is 12.3 Å². The predicted molar refractivity (Wildman–Crippen MR) is 75.0 cm³/mol. The topological polar surface area (TPSA) is 74.4 Å². The summed E-state index contributed by atoms with van der Waals surface area (Å²) in [7, 11) is 0. The summed E-state index contributed by atoms with van der Waals surface area (Å²) in [4.78, 5) is 28.3. The minimum Gasteiger partial charge on any atom is -0.379 e. The van der Waals surface area contributed by atoms with Crippen LogP contribution >= 0.6 is 0 Å². The zero-order valence-corrected chi connectivity index (χ0v) is 11.9. The molecule has 2 N–H and O–H groups in total. The van der Waals surface area contributed by atoms with Gasteiger partial charge in [0.25, 0.3) is 5.91 Å². The molecule has 0 bridgehead atoms. The van der Waals surface area contributed by atoms with Crippen molar-refractivity contribution in [2.75, 3.05) is 32.8 Å². The minimum atomic E-state index is -0.182. The van der Waals surface area contributed by atoms with E-state index in [4.69, 9.17) is 4.74 Å². The van der Waals surface area contributed by atoms with Gasteiger partial charge in [-0.3, -0.25) is 14.5 Å². The first-order valence-corrected chi connectivity index (χ1v) is 6.86. The lowest BCUT2D eigenvalue weighted by atomic mass is 10.2. The molecule has 2 rings (SSSR count). The van der Waals surface area contributed by atoms with Crippen LogP contribution in [0.5, 0.6) is 0 Å². The third kappa shape index (κ3) is 3.91. The number of carbonyl (C=O) groups is 2. The van der Waals surface area contributed by atoms with Crippen molar-refractivity contribution in [3.63, 3.8) is 0 Å². The first-order valence-electron chi connectivity index (χ1n) is 6.86. The van der Waals surface area contributed by atoms with Gasteiger partial charge in [0, 0.05) is 37.4 Å². The van der Waals surface area contributed by atoms with Crippen LogP contribution in [0, 0.1) is 0 Å². The Morgan fingerprint density at radius 1 is 1.45 bits per heavy atom. The second kappa shape index (κ2) is 6.67. The second-order valence-corrected chi connectivity index (χ2v) is 5.15. The van der Waals surface area contributed by atoms with Crippen LogP contribution in [0.2, 0.25) is 0 Å². The molecule has 0 saturated carbocycles. The Kier molecular flexibility index (Phi) is 4.92. The summed E-state index contributed by atoms with van der Waals surface area (Å²) in [6, 6.07) is 1.63. The van der Waals surface area contributed by atoms with Crippen LogP contribution in [0.25, 0.3) is 0 Å². The number of carbonyl (C=O) groups excluding carboxylic acids is 2. The number of ether oxygens (including phenoxy) is 1. The molecule has 1 aliphatic heterocycles. The molecular weight excluding hydrogens is 258 g/mol. The summed E-state index contributed by atoms with van der Waals surface area (Å²) in [5, 5.41) is 2.93. The molecule has 0 spiro atoms. The van der Waals surface area contributed by atoms with Crippen molar-refractivity contribution >= 4 is 11.7 Å². The fraction of sp³-hybridized carbons (Fsp3) is 0.571. The third-order valence-electron chi connectivity index (χ3n) is 3.35. The van der Waals surface area contributed by atoms with E-state index in [-0.39, 0.29) is 17.7 Å². The normalized spacial score (nSPS) is 17.7. The van der Waals surface area contributed by atoms with Crippen LogP contribution < -0.4 is 5.32 Å². The number of H-pyrrole nitrogens is 1. The molecule has 1 amide bonds. The highest BCUT2D eigenvalue weighted by Crippen LogP contribution is 2.05. The van der Waals surface area contributed by atoms with Gasteiger partial charge < -0.3 is 15.0 Å². The minimum absolute atomic E-state index is 0.0460. The first kappa shape index (κ1) is 14.7. The van der Waals surface area contributed by atoms with E-state index >= 15 is 0 Å². The molecular formula is C14H21N3O3. The number of aromatic amines is 1. The Hall–Kier alpha value is -1.66. The van der Waals surface area contributed by atoms with Crippen molar-refractivity contribution in [1.82, 2.24) is 15.2 Å². The standard InChI is InChI=1S/C14H21N3O3/c1-10(9-17-3-5-20-6-4-17)16-14(19)13-7-12(8-15-13)11(2)18/h7-8,10,15H,3-6,9H2,1-2H3,(H,16,19)/t10-/m1/s1. The lowest BCUT2D eigenvalue weighted by molar-refractivity contribution is 0.0342. The monoisotopic (exact) mass is 279 g/mol. The molecule has 0 unspecified atom stereocenters. The van der Waals surface area contributed by atoms with Gasteiger partial charge in [0.05, 0.1) is 13.2 Å². The Bertz CT molecular complexity index is 478. The van der Waals surface area contributed by atoms with Crippen molar-refractivity contribution in [2.24, 2.45) is 0 Å². The highest BCUT2D eigenvalue weighted by Gasteiger charge is 2.17. The quantitative estimate of drug-likeness (QED) is 0.777. The van der Waals surface area contributed by atoms with Gasteiger partial charge in [0.1, 0.15) is 5.69 Å². The van der Waals surface area contributed by atoms with Crippen LogP contribution in [-0.4, -0.2) is 60.5 Å². The number of hydrogen-bond donors (Lipinski definition) is 2. The van der Waals surface area contributed by atoms with E-state index in [0.717, 1.165) is 32.8 Å².